The van der Waals surface area contributed by atoms with Gasteiger partial charge in [-0.15, -0.1) is 0 Å². The van der Waals surface area contributed by atoms with Crippen molar-refractivity contribution in [3.05, 3.63) is 0 Å². The van der Waals surface area contributed by atoms with E-state index in [2.05, 4.69) is 0 Å². The maximum atomic E-state index is 12.3. The van der Waals surface area contributed by atoms with Crippen molar-refractivity contribution in [2.75, 3.05) is 6.67 Å². The molecular weight excluding hydrogens is 142 g/mol. The minimum atomic E-state index is -1.03. The van der Waals surface area contributed by atoms with Crippen molar-refractivity contribution in [3.8, 4) is 0 Å². The molecular formula is C5H12F2OSi. The van der Waals surface area contributed by atoms with Gasteiger partial charge in [0.25, 0.3) is 0 Å². The molecule has 0 heterocycles. The number of hydrogen-bond acceptors (Lipinski definition) is 1. The molecule has 1 unspecified atom stereocenters. The summed E-state index contributed by atoms with van der Waals surface area (Å²) >= 11 is 0. The summed E-state index contributed by atoms with van der Waals surface area (Å²) in [5.74, 6) is 0. The summed E-state index contributed by atoms with van der Waals surface area (Å²) in [6, 6.07) is 0.571. The summed E-state index contributed by atoms with van der Waals surface area (Å²) in [5.41, 5.74) is 0. The molecule has 0 aliphatic heterocycles. The molecule has 1 nitrogen and oxygen atoms in total. The Balaban J connectivity index is 2.95. The molecule has 1 N–H and O–H groups in total. The third-order valence-electron chi connectivity index (χ3n) is 1.10. The van der Waals surface area contributed by atoms with Crippen molar-refractivity contribution in [3.63, 3.8) is 0 Å². The van der Waals surface area contributed by atoms with E-state index in [1.54, 1.807) is 0 Å². The summed E-state index contributed by atoms with van der Waals surface area (Å²) in [5, 5.41) is 0. The van der Waals surface area contributed by atoms with Crippen molar-refractivity contribution in [2.24, 2.45) is 0 Å². The first kappa shape index (κ1) is 9.04. The Morgan fingerprint density at radius 3 is 2.56 bits per heavy atom. The van der Waals surface area contributed by atoms with E-state index in [4.69, 9.17) is 4.80 Å². The van der Waals surface area contributed by atoms with Crippen LogP contribution in [0.2, 0.25) is 6.04 Å². The molecule has 9 heavy (non-hydrogen) atoms. The molecule has 56 valence electrons. The highest BCUT2D eigenvalue weighted by atomic mass is 28.2. The van der Waals surface area contributed by atoms with Crippen LogP contribution in [-0.2, 0) is 0 Å². The van der Waals surface area contributed by atoms with Crippen LogP contribution in [0.4, 0.5) is 8.78 Å². The summed E-state index contributed by atoms with van der Waals surface area (Å²) in [6.07, 6.45) is -0.698. The van der Waals surface area contributed by atoms with Crippen LogP contribution in [0.25, 0.3) is 0 Å². The molecule has 0 fully saturated rings. The lowest BCUT2D eigenvalue weighted by Gasteiger charge is -2.01. The van der Waals surface area contributed by atoms with E-state index >= 15 is 0 Å². The highest BCUT2D eigenvalue weighted by Gasteiger charge is 2.03. The van der Waals surface area contributed by atoms with Crippen molar-refractivity contribution in [1.82, 2.24) is 0 Å². The van der Waals surface area contributed by atoms with Gasteiger partial charge in [0, 0.05) is 6.42 Å². The van der Waals surface area contributed by atoms with Crippen LogP contribution >= 0.6 is 0 Å². The van der Waals surface area contributed by atoms with Crippen LogP contribution in [0.3, 0.4) is 0 Å². The fourth-order valence-corrected chi connectivity index (χ4v) is 1.20. The van der Waals surface area contributed by atoms with E-state index in [0.29, 0.717) is 12.5 Å². The average Bonchev–Trinajstić information content (AvgIpc) is 1.85. The quantitative estimate of drug-likeness (QED) is 0.574. The second kappa shape index (κ2) is 6.16. The number of rotatable bonds is 5. The average molecular weight is 154 g/mol. The first-order valence-electron chi connectivity index (χ1n) is 3.12. The van der Waals surface area contributed by atoms with Gasteiger partial charge in [0.1, 0.15) is 6.17 Å². The number of hydrogen-bond donors (Lipinski definition) is 1. The minimum absolute atomic E-state index is 0.00556. The van der Waals surface area contributed by atoms with Gasteiger partial charge in [0.2, 0.25) is 0 Å². The minimum Gasteiger partial charge on any atom is -0.438 e. The monoisotopic (exact) mass is 154 g/mol. The van der Waals surface area contributed by atoms with Gasteiger partial charge >= 0.3 is 0 Å². The van der Waals surface area contributed by atoms with E-state index in [0.717, 1.165) is 0 Å². The van der Waals surface area contributed by atoms with Crippen LogP contribution < -0.4 is 0 Å². The Labute approximate surface area is 56.0 Å². The molecule has 0 aromatic carbocycles. The molecule has 0 aliphatic carbocycles. The normalized spacial score (nSPS) is 15.0. The molecule has 4 heteroatoms. The van der Waals surface area contributed by atoms with E-state index in [9.17, 15) is 8.78 Å². The summed E-state index contributed by atoms with van der Waals surface area (Å²) < 4.78 is 23.6. The Hall–Kier alpha value is 0.0369. The van der Waals surface area contributed by atoms with E-state index in [1.807, 2.05) is 0 Å². The molecule has 1 atom stereocenters. The van der Waals surface area contributed by atoms with Crippen LogP contribution in [0, 0.1) is 0 Å². The number of halogens is 2. The zero-order valence-corrected chi connectivity index (χ0v) is 6.73. The van der Waals surface area contributed by atoms with Crippen molar-refractivity contribution in [1.29, 1.82) is 0 Å². The fraction of sp³-hybridized carbons (Fsp3) is 1.00. The Morgan fingerprint density at radius 2 is 2.11 bits per heavy atom. The van der Waals surface area contributed by atoms with Crippen LogP contribution in [0.5, 0.6) is 0 Å². The Kier molecular flexibility index (Phi) is 6.19. The third-order valence-corrected chi connectivity index (χ3v) is 1.82. The first-order chi connectivity index (χ1) is 4.31. The summed E-state index contributed by atoms with van der Waals surface area (Å²) in [6.45, 7) is -0.589. The highest BCUT2D eigenvalue weighted by Crippen LogP contribution is 2.05. The van der Waals surface area contributed by atoms with Crippen LogP contribution in [0.15, 0.2) is 0 Å². The Morgan fingerprint density at radius 1 is 1.44 bits per heavy atom. The lowest BCUT2D eigenvalue weighted by atomic mass is 10.2. The second-order valence-electron chi connectivity index (χ2n) is 1.94. The fourth-order valence-electron chi connectivity index (χ4n) is 0.576. The lowest BCUT2D eigenvalue weighted by Crippen LogP contribution is -2.02. The second-order valence-corrected chi connectivity index (χ2v) is 3.10. The van der Waals surface area contributed by atoms with Gasteiger partial charge in [-0.25, -0.2) is 4.39 Å². The molecule has 0 aromatic rings. The lowest BCUT2D eigenvalue weighted by molar-refractivity contribution is 0.275. The molecule has 0 rings (SSSR count). The van der Waals surface area contributed by atoms with Crippen molar-refractivity contribution >= 4 is 9.76 Å². The molecule has 0 bridgehead atoms. The smallest absolute Gasteiger partial charge is 0.156 e. The predicted octanol–water partition coefficient (Wildman–Crippen LogP) is 0.569. The Bertz CT molecular complexity index is 62.9. The SMILES string of the molecule is O[SiH2]CCC(F)CCF. The molecule has 0 saturated carbocycles. The van der Waals surface area contributed by atoms with Crippen LogP contribution in [0.1, 0.15) is 12.8 Å². The molecule has 0 radical (unpaired) electrons. The molecule has 0 saturated heterocycles. The van der Waals surface area contributed by atoms with Gasteiger partial charge < -0.3 is 4.80 Å². The van der Waals surface area contributed by atoms with E-state index in [1.165, 1.54) is 0 Å². The van der Waals surface area contributed by atoms with Gasteiger partial charge in [-0.3, -0.25) is 4.39 Å². The maximum Gasteiger partial charge on any atom is 0.156 e. The first-order valence-corrected chi connectivity index (χ1v) is 4.75. The van der Waals surface area contributed by atoms with E-state index in [-0.39, 0.29) is 6.42 Å². The van der Waals surface area contributed by atoms with Gasteiger partial charge in [-0.05, 0) is 12.5 Å². The zero-order valence-electron chi connectivity index (χ0n) is 5.32. The summed E-state index contributed by atoms with van der Waals surface area (Å²) in [4.78, 5) is 8.36. The largest absolute Gasteiger partial charge is 0.438 e. The maximum absolute atomic E-state index is 12.3. The van der Waals surface area contributed by atoms with Crippen LogP contribution in [-0.4, -0.2) is 27.4 Å². The van der Waals surface area contributed by atoms with Crippen molar-refractivity contribution < 1.29 is 13.6 Å². The molecule has 0 spiro atoms. The summed E-state index contributed by atoms with van der Waals surface area (Å²) in [7, 11) is -1.01. The molecule has 0 amide bonds. The predicted molar refractivity (Wildman–Crippen MR) is 35.7 cm³/mol. The highest BCUT2D eigenvalue weighted by molar-refractivity contribution is 6.25. The van der Waals surface area contributed by atoms with Gasteiger partial charge in [0.15, 0.2) is 9.76 Å². The van der Waals surface area contributed by atoms with Gasteiger partial charge in [0.05, 0.1) is 6.67 Å². The number of alkyl halides is 2. The van der Waals surface area contributed by atoms with Gasteiger partial charge in [-0.1, -0.05) is 0 Å². The van der Waals surface area contributed by atoms with Crippen molar-refractivity contribution in [2.45, 2.75) is 25.1 Å². The molecule has 0 aromatic heterocycles. The van der Waals surface area contributed by atoms with E-state index < -0.39 is 22.6 Å². The standard InChI is InChI=1S/C5H12F2OSi/c6-3-1-5(7)2-4-9-8/h5,8H,1-4,9H2. The third kappa shape index (κ3) is 5.91. The zero-order chi connectivity index (χ0) is 7.11. The topological polar surface area (TPSA) is 20.2 Å². The molecule has 0 aliphatic rings. The van der Waals surface area contributed by atoms with Gasteiger partial charge in [-0.2, -0.15) is 0 Å².